The number of amides is 2. The first-order valence-electron chi connectivity index (χ1n) is 19.5. The summed E-state index contributed by atoms with van der Waals surface area (Å²) in [5, 5.41) is 20.2. The Bertz CT molecular complexity index is 2850. The van der Waals surface area contributed by atoms with Crippen molar-refractivity contribution in [1.82, 2.24) is 34.8 Å². The molecule has 3 N–H and O–H groups in total. The lowest BCUT2D eigenvalue weighted by Gasteiger charge is -2.34. The third-order valence-corrected chi connectivity index (χ3v) is 12.4. The van der Waals surface area contributed by atoms with Crippen LogP contribution in [0.2, 0.25) is 5.02 Å². The van der Waals surface area contributed by atoms with Gasteiger partial charge in [-0.3, -0.25) is 23.7 Å². The summed E-state index contributed by atoms with van der Waals surface area (Å²) >= 11 is 6.61. The van der Waals surface area contributed by atoms with E-state index in [0.29, 0.717) is 35.7 Å². The minimum atomic E-state index is -5.11. The molecule has 8 rings (SSSR count). The number of hydrogen-bond acceptors (Lipinski definition) is 8. The van der Waals surface area contributed by atoms with Crippen LogP contribution in [0.5, 0.6) is 0 Å². The van der Waals surface area contributed by atoms with Crippen molar-refractivity contribution in [3.8, 4) is 23.0 Å². The van der Waals surface area contributed by atoms with E-state index in [1.165, 1.54) is 34.8 Å². The number of carbonyl (C=O) groups is 2. The summed E-state index contributed by atoms with van der Waals surface area (Å²) in [4.78, 5) is 32.7. The molecular weight excluding hydrogens is 885 g/mol. The molecule has 2 unspecified atom stereocenters. The number of aliphatic hydroxyl groups excluding tert-OH is 1. The van der Waals surface area contributed by atoms with Gasteiger partial charge in [0.15, 0.2) is 11.5 Å². The maximum atomic E-state index is 15.7. The van der Waals surface area contributed by atoms with Crippen LogP contribution in [-0.2, 0) is 51.7 Å². The average Bonchev–Trinajstić information content (AvgIpc) is 3.90. The quantitative estimate of drug-likeness (QED) is 0.110. The third-order valence-electron chi connectivity index (χ3n) is 11.5. The van der Waals surface area contributed by atoms with Gasteiger partial charge < -0.3 is 15.3 Å². The first-order chi connectivity index (χ1) is 29.6. The number of aliphatic hydroxyl groups is 1. The second kappa shape index (κ2) is 16.1. The summed E-state index contributed by atoms with van der Waals surface area (Å²) in [6.45, 7) is -1.50. The molecule has 22 heteroatoms. The van der Waals surface area contributed by atoms with Crippen molar-refractivity contribution in [2.75, 3.05) is 24.1 Å². The highest BCUT2D eigenvalue weighted by Gasteiger charge is 2.63. The molecule has 0 radical (unpaired) electrons. The van der Waals surface area contributed by atoms with Gasteiger partial charge in [0, 0.05) is 42.3 Å². The smallest absolute Gasteiger partial charge is 0.387 e. The van der Waals surface area contributed by atoms with Crippen molar-refractivity contribution < 1.29 is 53.8 Å². The monoisotopic (exact) mass is 920 g/mol. The molecule has 2 aromatic carbocycles. The van der Waals surface area contributed by atoms with Crippen molar-refractivity contribution in [2.45, 2.75) is 68.7 Å². The Kier molecular flexibility index (Phi) is 11.2. The molecule has 3 aromatic heterocycles. The van der Waals surface area contributed by atoms with Gasteiger partial charge in [-0.2, -0.15) is 32.1 Å². The SMILES string of the molecule is Cn1nc(NS(C)(=O)=O)c2c(Cl)ccc(-c3ccc(C#CC4CCCN4C(=O)CO)nc3C(Cc3cc(F)cc(F)c3)NC(=O)Cn3nc(C(F)(F)F)c4c3C(F)(F)[C@@H]3CC[C@H]43)c21. The normalized spacial score (nSPS) is 19.5. The highest BCUT2D eigenvalue weighted by atomic mass is 35.5. The predicted molar refractivity (Wildman–Crippen MR) is 214 cm³/mol. The molecule has 13 nitrogen and oxygen atoms in total. The number of rotatable bonds is 10. The van der Waals surface area contributed by atoms with E-state index in [1.54, 1.807) is 6.07 Å². The third kappa shape index (κ3) is 8.31. The van der Waals surface area contributed by atoms with Crippen LogP contribution in [0.15, 0.2) is 42.5 Å². The van der Waals surface area contributed by atoms with Gasteiger partial charge in [-0.1, -0.05) is 23.6 Å². The van der Waals surface area contributed by atoms with Crippen LogP contribution in [0.3, 0.4) is 0 Å². The fraction of sp³-hybridized carbons (Fsp3) is 0.390. The first-order valence-corrected chi connectivity index (χ1v) is 21.8. The van der Waals surface area contributed by atoms with Crippen molar-refractivity contribution in [2.24, 2.45) is 13.0 Å². The Morgan fingerprint density at radius 3 is 2.41 bits per heavy atom. The van der Waals surface area contributed by atoms with E-state index in [4.69, 9.17) is 16.6 Å². The molecule has 4 atom stereocenters. The van der Waals surface area contributed by atoms with E-state index in [1.807, 2.05) is 0 Å². The number of nitrogens with one attached hydrogen (secondary N) is 2. The number of nitrogens with zero attached hydrogens (tertiary/aromatic N) is 6. The van der Waals surface area contributed by atoms with E-state index in [9.17, 15) is 45.1 Å². The number of pyridine rings is 1. The summed E-state index contributed by atoms with van der Waals surface area (Å²) in [7, 11) is -2.38. The molecular formula is C41H36ClF7N8O5S. The Labute approximate surface area is 359 Å². The van der Waals surface area contributed by atoms with E-state index >= 15 is 8.78 Å². The molecule has 1 aliphatic heterocycles. The Morgan fingerprint density at radius 1 is 1.05 bits per heavy atom. The van der Waals surface area contributed by atoms with E-state index in [0.717, 1.165) is 18.4 Å². The number of fused-ring (bicyclic) bond motifs is 4. The number of carbonyl (C=O) groups excluding carboxylic acids is 2. The summed E-state index contributed by atoms with van der Waals surface area (Å²) in [6, 6.07) is 6.57. The number of aromatic nitrogens is 5. The minimum absolute atomic E-state index is 0.0185. The lowest BCUT2D eigenvalue weighted by atomic mass is 9.73. The molecule has 3 aliphatic rings. The van der Waals surface area contributed by atoms with Crippen molar-refractivity contribution >= 4 is 50.2 Å². The van der Waals surface area contributed by atoms with Gasteiger partial charge >= 0.3 is 6.18 Å². The summed E-state index contributed by atoms with van der Waals surface area (Å²) in [6.07, 6.45) is -3.47. The highest BCUT2D eigenvalue weighted by molar-refractivity contribution is 7.92. The number of likely N-dealkylation sites (tertiary alicyclic amines) is 1. The van der Waals surface area contributed by atoms with Crippen molar-refractivity contribution in [3.05, 3.63) is 93.0 Å². The van der Waals surface area contributed by atoms with Gasteiger partial charge in [-0.05, 0) is 79.8 Å². The van der Waals surface area contributed by atoms with Crippen LogP contribution >= 0.6 is 11.6 Å². The fourth-order valence-corrected chi connectivity index (χ4v) is 9.59. The summed E-state index contributed by atoms with van der Waals surface area (Å²) in [5.74, 6) is -4.05. The molecule has 5 aromatic rings. The molecule has 2 aliphatic carbocycles. The number of benzene rings is 2. The molecule has 1 saturated heterocycles. The van der Waals surface area contributed by atoms with Gasteiger partial charge in [0.05, 0.1) is 40.0 Å². The largest absolute Gasteiger partial charge is 0.435 e. The molecule has 63 heavy (non-hydrogen) atoms. The Morgan fingerprint density at radius 2 is 1.76 bits per heavy atom. The minimum Gasteiger partial charge on any atom is -0.387 e. The van der Waals surface area contributed by atoms with Crippen LogP contribution in [0, 0.1) is 29.4 Å². The van der Waals surface area contributed by atoms with Crippen LogP contribution in [0.1, 0.15) is 71.5 Å². The lowest BCUT2D eigenvalue weighted by molar-refractivity contribution is -0.144. The summed E-state index contributed by atoms with van der Waals surface area (Å²) < 4.78 is 132. The van der Waals surface area contributed by atoms with Crippen LogP contribution in [0.25, 0.3) is 22.0 Å². The molecule has 2 amide bonds. The first kappa shape index (κ1) is 43.9. The predicted octanol–water partition coefficient (Wildman–Crippen LogP) is 6.19. The number of halogens is 8. The topological polar surface area (TPSA) is 164 Å². The molecule has 0 spiro atoms. The zero-order valence-electron chi connectivity index (χ0n) is 33.2. The van der Waals surface area contributed by atoms with E-state index in [2.05, 4.69) is 32.1 Å². The van der Waals surface area contributed by atoms with Gasteiger partial charge in [0.2, 0.25) is 21.8 Å². The number of hydrogen-bond donors (Lipinski definition) is 3. The number of anilines is 1. The van der Waals surface area contributed by atoms with Gasteiger partial charge in [0.1, 0.15) is 36.2 Å². The molecule has 1 saturated carbocycles. The highest BCUT2D eigenvalue weighted by Crippen LogP contribution is 2.64. The van der Waals surface area contributed by atoms with E-state index in [-0.39, 0.29) is 57.1 Å². The molecule has 2 fully saturated rings. The summed E-state index contributed by atoms with van der Waals surface area (Å²) in [5.41, 5.74) is -2.40. The van der Waals surface area contributed by atoms with Gasteiger partial charge in [-0.25, -0.2) is 22.2 Å². The van der Waals surface area contributed by atoms with E-state index < -0.39 is 106 Å². The molecule has 4 heterocycles. The second-order valence-corrected chi connectivity index (χ2v) is 17.9. The van der Waals surface area contributed by atoms with Crippen LogP contribution in [-0.4, -0.2) is 80.2 Å². The van der Waals surface area contributed by atoms with Crippen molar-refractivity contribution in [1.29, 1.82) is 0 Å². The Balaban J connectivity index is 1.28. The molecule has 332 valence electrons. The zero-order chi connectivity index (χ0) is 45.3. The standard InChI is InChI=1S/C41H36ClF7N8O5S/c1-55-36-26(10-12-29(42)34(36)39(53-55)54-63(2,61)62)25-8-6-23(5-7-24-4-3-13-56(24)32(60)19-58)50-35(25)30(16-20-14-21(43)17-22(44)15-20)51-31(59)18-57-38-33(37(52-57)41(47,48)49)27-9-11-28(27)40(38,45)46/h6,8,10,12,14-15,17,24,27-28,30,58H,3-4,9,11,13,16,18-19H2,1-2H3,(H,51,59)(H,53,54)/t24?,27-,28+,30?/m0/s1. The van der Waals surface area contributed by atoms with Crippen LogP contribution in [0.4, 0.5) is 36.6 Å². The van der Waals surface area contributed by atoms with Gasteiger partial charge in [-0.15, -0.1) is 0 Å². The molecule has 0 bridgehead atoms. The average molecular weight is 921 g/mol. The zero-order valence-corrected chi connectivity index (χ0v) is 34.8. The fourth-order valence-electron chi connectivity index (χ4n) is 8.86. The number of sulfonamides is 1. The van der Waals surface area contributed by atoms with Gasteiger partial charge in [0.25, 0.3) is 5.92 Å². The Hall–Kier alpha value is -5.72. The number of aryl methyl sites for hydroxylation is 1. The lowest BCUT2D eigenvalue weighted by Crippen LogP contribution is -2.36. The van der Waals surface area contributed by atoms with Crippen molar-refractivity contribution in [3.63, 3.8) is 0 Å². The second-order valence-electron chi connectivity index (χ2n) is 15.7. The van der Waals surface area contributed by atoms with Crippen LogP contribution < -0.4 is 10.0 Å². The maximum Gasteiger partial charge on any atom is 0.435 e. The number of alkyl halides is 5. The maximum absolute atomic E-state index is 15.7.